The van der Waals surface area contributed by atoms with Crippen molar-refractivity contribution in [3.8, 4) is 0 Å². The molecule has 0 aromatic carbocycles. The minimum atomic E-state index is 0. The van der Waals surface area contributed by atoms with E-state index in [1.165, 1.54) is 0 Å². The third-order valence-electron chi connectivity index (χ3n) is 0. The van der Waals surface area contributed by atoms with Crippen LogP contribution >= 0.6 is 0 Å². The quantitative estimate of drug-likeness (QED) is 0.475. The van der Waals surface area contributed by atoms with Crippen molar-refractivity contribution < 1.29 is 50.3 Å². The predicted molar refractivity (Wildman–Crippen MR) is 8.54 cm³/mol. The molecular formula is H2CoFeNiPb. The van der Waals surface area contributed by atoms with E-state index in [-0.39, 0.29) is 77.6 Å². The molecule has 0 aliphatic rings. The molecule has 4 heteroatoms. The van der Waals surface area contributed by atoms with Gasteiger partial charge in [-0.25, -0.2) is 0 Å². The molecular weight excluding hydrogens is 381 g/mol. The van der Waals surface area contributed by atoms with Gasteiger partial charge in [-0.15, -0.1) is 0 Å². The summed E-state index contributed by atoms with van der Waals surface area (Å²) in [6.45, 7) is 0. The van der Waals surface area contributed by atoms with Crippen LogP contribution < -0.4 is 0 Å². The Bertz CT molecular complexity index is 8.00. The van der Waals surface area contributed by atoms with E-state index in [1.54, 1.807) is 0 Å². The first-order valence-electron chi connectivity index (χ1n) is 0. The molecule has 0 aliphatic heterocycles. The average Bonchev–Trinajstić information content (AvgIpc) is 0. The number of hydrogen-bond donors (Lipinski definition) is 0. The summed E-state index contributed by atoms with van der Waals surface area (Å²) in [5, 5.41) is 0. The maximum absolute atomic E-state index is 0. The molecule has 0 nitrogen and oxygen atoms in total. The zero-order valence-corrected chi connectivity index (χ0v) is 10.3. The van der Waals surface area contributed by atoms with Gasteiger partial charge in [0.2, 0.25) is 0 Å². The Hall–Kier alpha value is 2.44. The van der Waals surface area contributed by atoms with Gasteiger partial charge in [0.05, 0.1) is 0 Å². The van der Waals surface area contributed by atoms with Crippen LogP contribution in [0.15, 0.2) is 0 Å². The second kappa shape index (κ2) is 18.0. The van der Waals surface area contributed by atoms with Crippen LogP contribution in [0.5, 0.6) is 0 Å². The van der Waals surface area contributed by atoms with Crippen LogP contribution in [-0.2, 0) is 50.3 Å². The van der Waals surface area contributed by atoms with Crippen molar-refractivity contribution in [1.82, 2.24) is 0 Å². The van der Waals surface area contributed by atoms with Crippen molar-refractivity contribution in [2.24, 2.45) is 0 Å². The molecule has 0 amide bonds. The Balaban J connectivity index is 0. The van der Waals surface area contributed by atoms with Crippen LogP contribution in [-0.4, -0.2) is 27.3 Å². The summed E-state index contributed by atoms with van der Waals surface area (Å²) in [6, 6.07) is 0. The summed E-state index contributed by atoms with van der Waals surface area (Å²) in [4.78, 5) is 0. The summed E-state index contributed by atoms with van der Waals surface area (Å²) in [7, 11) is 0. The second-order valence-electron chi connectivity index (χ2n) is 0. The molecule has 0 aromatic heterocycles. The van der Waals surface area contributed by atoms with Gasteiger partial charge in [0.25, 0.3) is 0 Å². The van der Waals surface area contributed by atoms with Crippen LogP contribution in [0.2, 0.25) is 0 Å². The summed E-state index contributed by atoms with van der Waals surface area (Å²) in [5.41, 5.74) is 0. The van der Waals surface area contributed by atoms with E-state index in [0.717, 1.165) is 0 Å². The first-order valence-corrected chi connectivity index (χ1v) is 0. The van der Waals surface area contributed by atoms with Gasteiger partial charge in [0.15, 0.2) is 0 Å². The van der Waals surface area contributed by atoms with E-state index in [9.17, 15) is 0 Å². The Kier molecular flexibility index (Phi) is 144. The fourth-order valence-corrected chi connectivity index (χ4v) is 0. The third-order valence-corrected chi connectivity index (χ3v) is 0. The maximum atomic E-state index is 0. The Morgan fingerprint density at radius 3 is 1.00 bits per heavy atom. The standard InChI is InChI=1S/Co.Fe.Ni.Pb.2H. The molecule has 0 saturated carbocycles. The number of hydrogen-bond acceptors (Lipinski definition) is 0. The molecule has 0 aliphatic carbocycles. The third kappa shape index (κ3) is 8.82. The van der Waals surface area contributed by atoms with E-state index in [1.807, 2.05) is 0 Å². The van der Waals surface area contributed by atoms with Gasteiger partial charge in [-0.1, -0.05) is 0 Å². The molecule has 0 fully saturated rings. The van der Waals surface area contributed by atoms with Gasteiger partial charge in [0.1, 0.15) is 0 Å². The molecule has 3 radical (unpaired) electrons. The van der Waals surface area contributed by atoms with Gasteiger partial charge < -0.3 is 0 Å². The Labute approximate surface area is 76.6 Å². The van der Waals surface area contributed by atoms with E-state index in [2.05, 4.69) is 0 Å². The van der Waals surface area contributed by atoms with Gasteiger partial charge in [-0.05, 0) is 0 Å². The van der Waals surface area contributed by atoms with Crippen LogP contribution in [0.4, 0.5) is 0 Å². The fourth-order valence-electron chi connectivity index (χ4n) is 0. The van der Waals surface area contributed by atoms with E-state index in [4.69, 9.17) is 0 Å². The van der Waals surface area contributed by atoms with Crippen molar-refractivity contribution in [3.63, 3.8) is 0 Å². The first-order chi connectivity index (χ1) is 0. The molecule has 0 spiro atoms. The van der Waals surface area contributed by atoms with Crippen LogP contribution in [0.3, 0.4) is 0 Å². The average molecular weight is 383 g/mol. The zero-order valence-electron chi connectivity index (χ0n) is 1.71. The normalized spacial score (nSPS) is 0. The molecule has 33 valence electrons. The molecule has 0 saturated heterocycles. The van der Waals surface area contributed by atoms with Gasteiger partial charge in [-0.2, -0.15) is 0 Å². The van der Waals surface area contributed by atoms with Gasteiger partial charge in [-0.3, -0.25) is 0 Å². The first kappa shape index (κ1) is 32.0. The predicted octanol–water partition coefficient (Wildman–Crippen LogP) is -0.924. The van der Waals surface area contributed by atoms with E-state index < -0.39 is 0 Å². The SMILES string of the molecule is [Co].[Fe].[Ni].[PbH2]. The summed E-state index contributed by atoms with van der Waals surface area (Å²) in [5.74, 6) is 0. The molecule has 0 N–H and O–H groups in total. The van der Waals surface area contributed by atoms with Gasteiger partial charge in [0, 0.05) is 50.3 Å². The van der Waals surface area contributed by atoms with E-state index >= 15 is 0 Å². The summed E-state index contributed by atoms with van der Waals surface area (Å²) >= 11 is 0. The zero-order chi connectivity index (χ0) is 0. The van der Waals surface area contributed by atoms with E-state index in [0.29, 0.717) is 0 Å². The van der Waals surface area contributed by atoms with Crippen molar-refractivity contribution in [2.75, 3.05) is 0 Å². The molecule has 0 rings (SSSR count). The fraction of sp³-hybridized carbons (Fsp3) is 0. The Morgan fingerprint density at radius 1 is 1.00 bits per heavy atom. The van der Waals surface area contributed by atoms with Crippen molar-refractivity contribution in [3.05, 3.63) is 0 Å². The van der Waals surface area contributed by atoms with Crippen molar-refractivity contribution >= 4 is 27.3 Å². The Morgan fingerprint density at radius 2 is 1.00 bits per heavy atom. The number of rotatable bonds is 0. The summed E-state index contributed by atoms with van der Waals surface area (Å²) < 4.78 is 0. The minimum absolute atomic E-state index is 0. The molecule has 4 heavy (non-hydrogen) atoms. The molecule has 0 atom stereocenters. The van der Waals surface area contributed by atoms with Crippen LogP contribution in [0, 0.1) is 0 Å². The monoisotopic (exact) mass is 383 g/mol. The van der Waals surface area contributed by atoms with Gasteiger partial charge >= 0.3 is 27.3 Å². The topological polar surface area (TPSA) is 0 Å². The van der Waals surface area contributed by atoms with Crippen molar-refractivity contribution in [1.29, 1.82) is 0 Å². The molecule has 0 bridgehead atoms. The molecule has 0 unspecified atom stereocenters. The summed E-state index contributed by atoms with van der Waals surface area (Å²) in [6.07, 6.45) is 0. The molecule has 0 heterocycles. The van der Waals surface area contributed by atoms with Crippen LogP contribution in [0.25, 0.3) is 0 Å². The molecule has 0 aromatic rings. The second-order valence-corrected chi connectivity index (χ2v) is 0. The van der Waals surface area contributed by atoms with Crippen LogP contribution in [0.1, 0.15) is 0 Å². The van der Waals surface area contributed by atoms with Crippen molar-refractivity contribution in [2.45, 2.75) is 0 Å².